The maximum atomic E-state index is 12.7. The summed E-state index contributed by atoms with van der Waals surface area (Å²) < 4.78 is 17.3. The van der Waals surface area contributed by atoms with Gasteiger partial charge in [-0.25, -0.2) is 4.79 Å². The highest BCUT2D eigenvalue weighted by molar-refractivity contribution is 5.72. The molecular weight excluding hydrogens is 715 g/mol. The Morgan fingerprint density at radius 3 is 1.39 bits per heavy atom. The molecule has 0 bridgehead atoms. The number of aliphatic carboxylic acids is 1. The molecule has 0 heterocycles. The summed E-state index contributed by atoms with van der Waals surface area (Å²) in [5.41, 5.74) is 0. The average molecular weight is 805 g/mol. The number of nitrogens with zero attached hydrogens (tertiary/aromatic N) is 1. The van der Waals surface area contributed by atoms with Gasteiger partial charge in [0.15, 0.2) is 12.1 Å². The van der Waals surface area contributed by atoms with E-state index in [1.807, 2.05) is 21.1 Å². The van der Waals surface area contributed by atoms with E-state index in [1.165, 1.54) is 116 Å². The molecule has 0 aliphatic rings. The monoisotopic (exact) mass is 805 g/mol. The van der Waals surface area contributed by atoms with Gasteiger partial charge in [-0.15, -0.1) is 0 Å². The molecule has 0 aliphatic heterocycles. The summed E-state index contributed by atoms with van der Waals surface area (Å²) >= 11 is 0. The van der Waals surface area contributed by atoms with Crippen LogP contribution in [0.2, 0.25) is 0 Å². The lowest BCUT2D eigenvalue weighted by molar-refractivity contribution is -0.887. The summed E-state index contributed by atoms with van der Waals surface area (Å²) in [4.78, 5) is 37.0. The van der Waals surface area contributed by atoms with Gasteiger partial charge in [-0.3, -0.25) is 9.59 Å². The highest BCUT2D eigenvalue weighted by Crippen LogP contribution is 2.14. The van der Waals surface area contributed by atoms with Crippen molar-refractivity contribution in [2.24, 2.45) is 0 Å². The van der Waals surface area contributed by atoms with Crippen molar-refractivity contribution in [1.82, 2.24) is 0 Å². The number of likely N-dealkylation sites (N-methyl/N-ethyl adjacent to an activating group) is 1. The molecule has 8 nitrogen and oxygen atoms in total. The first-order valence-electron chi connectivity index (χ1n) is 23.5. The number of unbranched alkanes of at least 4 members (excludes halogenated alkanes) is 23. The Balaban J connectivity index is 4.34. The van der Waals surface area contributed by atoms with Crippen molar-refractivity contribution in [2.45, 2.75) is 219 Å². The lowest BCUT2D eigenvalue weighted by Crippen LogP contribution is -2.50. The number of rotatable bonds is 42. The number of ether oxygens (including phenoxy) is 3. The molecule has 0 aromatic heterocycles. The number of carboxylic acid groups (broad SMARTS) is 1. The molecule has 0 radical (unpaired) electrons. The number of hydrogen-bond acceptors (Lipinski definition) is 6. The van der Waals surface area contributed by atoms with Gasteiger partial charge < -0.3 is 23.8 Å². The summed E-state index contributed by atoms with van der Waals surface area (Å²) in [6.45, 7) is 4.71. The normalized spacial score (nSPS) is 13.2. The van der Waals surface area contributed by atoms with Crippen molar-refractivity contribution in [3.63, 3.8) is 0 Å². The van der Waals surface area contributed by atoms with E-state index in [-0.39, 0.29) is 36.2 Å². The van der Waals surface area contributed by atoms with Gasteiger partial charge in [-0.1, -0.05) is 159 Å². The summed E-state index contributed by atoms with van der Waals surface area (Å²) in [5, 5.41) is 9.63. The second kappa shape index (κ2) is 40.3. The Morgan fingerprint density at radius 1 is 0.526 bits per heavy atom. The van der Waals surface area contributed by atoms with E-state index < -0.39 is 18.1 Å². The van der Waals surface area contributed by atoms with Crippen molar-refractivity contribution >= 4 is 17.9 Å². The van der Waals surface area contributed by atoms with Gasteiger partial charge in [-0.2, -0.15) is 0 Å². The third-order valence-corrected chi connectivity index (χ3v) is 10.5. The van der Waals surface area contributed by atoms with E-state index in [0.29, 0.717) is 19.3 Å². The zero-order valence-corrected chi connectivity index (χ0v) is 37.8. The molecule has 0 amide bonds. The maximum absolute atomic E-state index is 12.7. The third-order valence-electron chi connectivity index (χ3n) is 10.5. The molecule has 1 N–H and O–H groups in total. The molecule has 0 fully saturated rings. The molecule has 0 rings (SSSR count). The zero-order chi connectivity index (χ0) is 42.1. The van der Waals surface area contributed by atoms with Gasteiger partial charge in [0.2, 0.25) is 0 Å². The van der Waals surface area contributed by atoms with E-state index in [0.717, 1.165) is 57.8 Å². The van der Waals surface area contributed by atoms with Crippen LogP contribution in [-0.4, -0.2) is 80.6 Å². The first-order valence-corrected chi connectivity index (χ1v) is 23.5. The van der Waals surface area contributed by atoms with Gasteiger partial charge >= 0.3 is 17.9 Å². The van der Waals surface area contributed by atoms with Crippen LogP contribution in [0.1, 0.15) is 206 Å². The number of esters is 2. The highest BCUT2D eigenvalue weighted by Gasteiger charge is 2.31. The van der Waals surface area contributed by atoms with Crippen LogP contribution in [0.25, 0.3) is 0 Å². The fourth-order valence-corrected chi connectivity index (χ4v) is 6.84. The van der Waals surface area contributed by atoms with Crippen LogP contribution in [0.5, 0.6) is 0 Å². The fraction of sp³-hybridized carbons (Fsp3) is 0.816. The molecule has 57 heavy (non-hydrogen) atoms. The van der Waals surface area contributed by atoms with Crippen LogP contribution in [0.4, 0.5) is 0 Å². The van der Waals surface area contributed by atoms with Crippen LogP contribution in [0.15, 0.2) is 36.5 Å². The van der Waals surface area contributed by atoms with Gasteiger partial charge in [0, 0.05) is 19.3 Å². The molecule has 332 valence electrons. The first kappa shape index (κ1) is 54.6. The van der Waals surface area contributed by atoms with Crippen LogP contribution >= 0.6 is 0 Å². The van der Waals surface area contributed by atoms with Crippen molar-refractivity contribution in [3.8, 4) is 0 Å². The molecule has 0 aromatic rings. The Bertz CT molecular complexity index is 1030. The standard InChI is InChI=1S/C49H89NO7/c1-6-8-10-12-14-16-18-20-22-23-24-26-28-30-32-34-36-38-40-48(52)57-45(43-55-42-41-46(49(53)54)50(3,4)5)44-56-47(51)39-37-35-33-31-29-27-25-21-19-17-15-13-11-9-7-2/h17,19,22-24,26,45-46H,6-16,18,20-21,25,27-44H2,1-5H3/p+1/b19-17+,23-22+,26-24+. The van der Waals surface area contributed by atoms with Crippen molar-refractivity contribution < 1.29 is 38.2 Å². The summed E-state index contributed by atoms with van der Waals surface area (Å²) in [6.07, 6.45) is 46.1. The average Bonchev–Trinajstić information content (AvgIpc) is 3.17. The molecule has 0 aliphatic carbocycles. The van der Waals surface area contributed by atoms with Crippen molar-refractivity contribution in [2.75, 3.05) is 41.0 Å². The van der Waals surface area contributed by atoms with E-state index in [4.69, 9.17) is 14.2 Å². The van der Waals surface area contributed by atoms with E-state index in [9.17, 15) is 19.5 Å². The summed E-state index contributed by atoms with van der Waals surface area (Å²) in [6, 6.07) is -0.617. The van der Waals surface area contributed by atoms with E-state index in [1.54, 1.807) is 0 Å². The van der Waals surface area contributed by atoms with Gasteiger partial charge in [-0.05, 0) is 64.2 Å². The number of carbonyl (C=O) groups is 3. The first-order chi connectivity index (χ1) is 27.6. The van der Waals surface area contributed by atoms with Crippen LogP contribution in [0.3, 0.4) is 0 Å². The van der Waals surface area contributed by atoms with E-state index in [2.05, 4.69) is 50.3 Å². The van der Waals surface area contributed by atoms with Gasteiger partial charge in [0.1, 0.15) is 6.61 Å². The molecule has 2 unspecified atom stereocenters. The zero-order valence-electron chi connectivity index (χ0n) is 37.8. The number of quaternary nitrogens is 1. The van der Waals surface area contributed by atoms with Gasteiger partial charge in [0.05, 0.1) is 34.4 Å². The molecule has 0 saturated carbocycles. The minimum Gasteiger partial charge on any atom is -0.477 e. The lowest BCUT2D eigenvalue weighted by Gasteiger charge is -2.31. The molecule has 0 saturated heterocycles. The molecule has 2 atom stereocenters. The third kappa shape index (κ3) is 38.8. The Labute approximate surface area is 351 Å². The Hall–Kier alpha value is -2.45. The Kier molecular flexibility index (Phi) is 38.6. The predicted octanol–water partition coefficient (Wildman–Crippen LogP) is 13.0. The Morgan fingerprint density at radius 2 is 0.930 bits per heavy atom. The summed E-state index contributed by atoms with van der Waals surface area (Å²) in [5.74, 6) is -1.49. The molecule has 8 heteroatoms. The minimum atomic E-state index is -0.878. The van der Waals surface area contributed by atoms with Crippen LogP contribution in [-0.2, 0) is 28.6 Å². The number of allylic oxidation sites excluding steroid dienone is 6. The topological polar surface area (TPSA) is 99.1 Å². The highest BCUT2D eigenvalue weighted by atomic mass is 16.6. The largest absolute Gasteiger partial charge is 0.477 e. The SMILES string of the molecule is CCCCCC/C=C/CCCCCCCCCC(=O)OCC(COCCC(C(=O)O)[N+](C)(C)C)OC(=O)CCCCCCC/C=C/C=C/CCCCCCCCC. The van der Waals surface area contributed by atoms with E-state index >= 15 is 0 Å². The summed E-state index contributed by atoms with van der Waals surface area (Å²) in [7, 11) is 5.52. The van der Waals surface area contributed by atoms with Crippen molar-refractivity contribution in [1.29, 1.82) is 0 Å². The second-order valence-electron chi connectivity index (χ2n) is 17.0. The second-order valence-corrected chi connectivity index (χ2v) is 17.0. The van der Waals surface area contributed by atoms with Crippen LogP contribution < -0.4 is 0 Å². The minimum absolute atomic E-state index is 0.0546. The van der Waals surface area contributed by atoms with Crippen LogP contribution in [0, 0.1) is 0 Å². The number of carboxylic acids is 1. The predicted molar refractivity (Wildman–Crippen MR) is 238 cm³/mol. The number of hydrogen-bond donors (Lipinski definition) is 1. The molecule has 0 aromatic carbocycles. The lowest BCUT2D eigenvalue weighted by atomic mass is 10.1. The smallest absolute Gasteiger partial charge is 0.362 e. The van der Waals surface area contributed by atoms with Gasteiger partial charge in [0.25, 0.3) is 0 Å². The van der Waals surface area contributed by atoms with Crippen molar-refractivity contribution in [3.05, 3.63) is 36.5 Å². The number of carbonyl (C=O) groups excluding carboxylic acids is 2. The fourth-order valence-electron chi connectivity index (χ4n) is 6.84. The molecule has 0 spiro atoms. The maximum Gasteiger partial charge on any atom is 0.362 e. The quantitative estimate of drug-likeness (QED) is 0.0216. The molecular formula is C49H90NO7+.